The molecule has 2 aliphatic rings. The van der Waals surface area contributed by atoms with Gasteiger partial charge in [0.2, 0.25) is 0 Å². The quantitative estimate of drug-likeness (QED) is 0.856. The first kappa shape index (κ1) is 14.8. The summed E-state index contributed by atoms with van der Waals surface area (Å²) >= 11 is 5.91. The van der Waals surface area contributed by atoms with E-state index in [1.807, 2.05) is 0 Å². The lowest BCUT2D eigenvalue weighted by molar-refractivity contribution is -0.230. The molecule has 0 bridgehead atoms. The maximum atomic E-state index is 9.85. The van der Waals surface area contributed by atoms with Gasteiger partial charge >= 0.3 is 0 Å². The Labute approximate surface area is 132 Å². The van der Waals surface area contributed by atoms with Crippen molar-refractivity contribution >= 4 is 17.4 Å². The average molecular weight is 317 g/mol. The van der Waals surface area contributed by atoms with E-state index in [4.69, 9.17) is 26.8 Å². The molecule has 1 saturated carbocycles. The molecule has 0 unspecified atom stereocenters. The van der Waals surface area contributed by atoms with Gasteiger partial charge in [0.1, 0.15) is 11.3 Å². The Balaban J connectivity index is 2.23. The second-order valence-corrected chi connectivity index (χ2v) is 5.75. The first-order chi connectivity index (χ1) is 10.5. The Bertz CT molecular complexity index is 744. The number of nitrogens with zero attached hydrogens (tertiary/aromatic N) is 3. The van der Waals surface area contributed by atoms with Crippen LogP contribution in [-0.4, -0.2) is 26.0 Å². The van der Waals surface area contributed by atoms with Gasteiger partial charge in [0.25, 0.3) is 5.91 Å². The summed E-state index contributed by atoms with van der Waals surface area (Å²) in [6.07, 6.45) is 0. The standard InChI is InChI=1S/C15H13ClN4O2/c1-21-15(22-2)14(8-18)11(9-3-5-10(16)6-4-9)13(14,7-17)12(19)20-15/h3-6,11H,1-2H3,(H2,19,20)/t11-,13+,14-/m1/s1. The molecule has 0 radical (unpaired) electrons. The summed E-state index contributed by atoms with van der Waals surface area (Å²) in [6, 6.07) is 11.3. The van der Waals surface area contributed by atoms with Gasteiger partial charge in [0.05, 0.1) is 12.1 Å². The Hall–Kier alpha value is -2.12. The number of halogens is 1. The summed E-state index contributed by atoms with van der Waals surface area (Å²) < 4.78 is 10.8. The molecule has 1 fully saturated rings. The van der Waals surface area contributed by atoms with Crippen LogP contribution in [0.15, 0.2) is 29.3 Å². The molecule has 0 amide bonds. The molecule has 1 aromatic rings. The fourth-order valence-electron chi connectivity index (χ4n) is 3.68. The van der Waals surface area contributed by atoms with Crippen LogP contribution in [0.4, 0.5) is 0 Å². The van der Waals surface area contributed by atoms with Gasteiger partial charge in [-0.05, 0) is 17.7 Å². The van der Waals surface area contributed by atoms with Gasteiger partial charge in [-0.1, -0.05) is 23.7 Å². The number of rotatable bonds is 3. The van der Waals surface area contributed by atoms with Crippen molar-refractivity contribution < 1.29 is 9.47 Å². The first-order valence-electron chi connectivity index (χ1n) is 6.53. The number of hydrogen-bond donors (Lipinski definition) is 1. The lowest BCUT2D eigenvalue weighted by Crippen LogP contribution is -2.41. The lowest BCUT2D eigenvalue weighted by Gasteiger charge is -2.29. The topological polar surface area (TPSA) is 104 Å². The third kappa shape index (κ3) is 1.29. The fourth-order valence-corrected chi connectivity index (χ4v) is 3.80. The van der Waals surface area contributed by atoms with E-state index in [0.717, 1.165) is 5.56 Å². The van der Waals surface area contributed by atoms with Crippen LogP contribution in [0.3, 0.4) is 0 Å². The van der Waals surface area contributed by atoms with Crippen molar-refractivity contribution in [3.63, 3.8) is 0 Å². The largest absolute Gasteiger partial charge is 0.386 e. The summed E-state index contributed by atoms with van der Waals surface area (Å²) in [5.74, 6) is -2.03. The van der Waals surface area contributed by atoms with Gasteiger partial charge < -0.3 is 15.2 Å². The molecule has 1 heterocycles. The Morgan fingerprint density at radius 1 is 1.18 bits per heavy atom. The molecule has 2 N–H and O–H groups in total. The minimum absolute atomic E-state index is 0.0557. The normalized spacial score (nSPS) is 34.2. The smallest absolute Gasteiger partial charge is 0.292 e. The molecule has 3 rings (SSSR count). The highest BCUT2D eigenvalue weighted by molar-refractivity contribution is 6.30. The van der Waals surface area contributed by atoms with Crippen LogP contribution in [0.1, 0.15) is 11.5 Å². The van der Waals surface area contributed by atoms with Crippen molar-refractivity contribution in [3.05, 3.63) is 34.9 Å². The number of methoxy groups -OCH3 is 2. The summed E-state index contributed by atoms with van der Waals surface area (Å²) in [7, 11) is 2.76. The van der Waals surface area contributed by atoms with Crippen molar-refractivity contribution in [2.45, 2.75) is 11.8 Å². The molecule has 0 spiro atoms. The van der Waals surface area contributed by atoms with Crippen molar-refractivity contribution in [1.82, 2.24) is 0 Å². The molecular weight excluding hydrogens is 304 g/mol. The third-order valence-electron chi connectivity index (χ3n) is 4.68. The molecule has 1 aliphatic carbocycles. The van der Waals surface area contributed by atoms with Gasteiger partial charge in [0, 0.05) is 25.2 Å². The third-order valence-corrected chi connectivity index (χ3v) is 4.94. The molecule has 1 aromatic carbocycles. The van der Waals surface area contributed by atoms with Crippen LogP contribution in [-0.2, 0) is 9.47 Å². The van der Waals surface area contributed by atoms with E-state index in [0.29, 0.717) is 5.02 Å². The van der Waals surface area contributed by atoms with E-state index >= 15 is 0 Å². The summed E-state index contributed by atoms with van der Waals surface area (Å²) in [5, 5.41) is 20.2. The molecule has 22 heavy (non-hydrogen) atoms. The number of fused-ring (bicyclic) bond motifs is 1. The highest BCUT2D eigenvalue weighted by Gasteiger charge is 2.93. The number of nitrogens with two attached hydrogens (primary N) is 1. The average Bonchev–Trinajstić information content (AvgIpc) is 3.11. The van der Waals surface area contributed by atoms with E-state index in [-0.39, 0.29) is 5.84 Å². The summed E-state index contributed by atoms with van der Waals surface area (Å²) in [5.41, 5.74) is 4.18. The Morgan fingerprint density at radius 3 is 2.23 bits per heavy atom. The first-order valence-corrected chi connectivity index (χ1v) is 6.91. The van der Waals surface area contributed by atoms with Gasteiger partial charge in [-0.3, -0.25) is 0 Å². The molecule has 0 saturated heterocycles. The number of nitriles is 2. The molecule has 7 heteroatoms. The lowest BCUT2D eigenvalue weighted by atomic mass is 9.93. The molecule has 0 aromatic heterocycles. The van der Waals surface area contributed by atoms with E-state index < -0.39 is 22.7 Å². The number of amidine groups is 1. The highest BCUT2D eigenvalue weighted by atomic mass is 35.5. The Morgan fingerprint density at radius 2 is 1.77 bits per heavy atom. The van der Waals surface area contributed by atoms with Crippen molar-refractivity contribution in [3.8, 4) is 12.1 Å². The minimum Gasteiger partial charge on any atom is -0.386 e. The zero-order chi connectivity index (χ0) is 16.2. The van der Waals surface area contributed by atoms with Crippen molar-refractivity contribution in [2.75, 3.05) is 14.2 Å². The molecule has 112 valence electrons. The van der Waals surface area contributed by atoms with Gasteiger partial charge in [-0.25, -0.2) is 4.99 Å². The van der Waals surface area contributed by atoms with E-state index in [1.165, 1.54) is 14.2 Å². The van der Waals surface area contributed by atoms with Crippen LogP contribution < -0.4 is 5.73 Å². The summed E-state index contributed by atoms with van der Waals surface area (Å²) in [4.78, 5) is 4.15. The van der Waals surface area contributed by atoms with E-state index in [2.05, 4.69) is 17.1 Å². The monoisotopic (exact) mass is 316 g/mol. The molecule has 6 nitrogen and oxygen atoms in total. The predicted molar refractivity (Wildman–Crippen MR) is 78.7 cm³/mol. The molecular formula is C15H13ClN4O2. The Kier molecular flexibility index (Phi) is 2.99. The van der Waals surface area contributed by atoms with Crippen molar-refractivity contribution in [2.24, 2.45) is 21.6 Å². The zero-order valence-corrected chi connectivity index (χ0v) is 12.8. The minimum atomic E-state index is -1.59. The van der Waals surface area contributed by atoms with Crippen LogP contribution in [0.25, 0.3) is 0 Å². The molecule has 3 atom stereocenters. The number of aliphatic imine (C=N–C) groups is 1. The summed E-state index contributed by atoms with van der Waals surface area (Å²) in [6.45, 7) is 0. The fraction of sp³-hybridized carbons (Fsp3) is 0.400. The predicted octanol–water partition coefficient (Wildman–Crippen LogP) is 1.77. The zero-order valence-electron chi connectivity index (χ0n) is 12.0. The van der Waals surface area contributed by atoms with E-state index in [9.17, 15) is 10.5 Å². The van der Waals surface area contributed by atoms with Crippen molar-refractivity contribution in [1.29, 1.82) is 10.5 Å². The molecule has 1 aliphatic heterocycles. The van der Waals surface area contributed by atoms with Crippen LogP contribution in [0.5, 0.6) is 0 Å². The second kappa shape index (κ2) is 4.44. The number of benzene rings is 1. The maximum absolute atomic E-state index is 9.85. The maximum Gasteiger partial charge on any atom is 0.292 e. The van der Waals surface area contributed by atoms with Gasteiger partial charge in [0.15, 0.2) is 5.41 Å². The SMILES string of the molecule is COC1(OC)N=C(N)[C@]2(C#N)[C@@H](c3ccc(Cl)cc3)[C@@]12C#N. The van der Waals surface area contributed by atoms with Crippen LogP contribution in [0.2, 0.25) is 5.02 Å². The van der Waals surface area contributed by atoms with Gasteiger partial charge in [-0.2, -0.15) is 10.5 Å². The van der Waals surface area contributed by atoms with Crippen LogP contribution in [0, 0.1) is 33.5 Å². The van der Waals surface area contributed by atoms with E-state index in [1.54, 1.807) is 24.3 Å². The second-order valence-electron chi connectivity index (χ2n) is 5.31. The highest BCUT2D eigenvalue weighted by Crippen LogP contribution is 2.81. The van der Waals surface area contributed by atoms with Crippen LogP contribution >= 0.6 is 11.6 Å². The number of hydrogen-bond acceptors (Lipinski definition) is 6. The van der Waals surface area contributed by atoms with Gasteiger partial charge in [-0.15, -0.1) is 0 Å². The number of ether oxygens (including phenoxy) is 2.